The van der Waals surface area contributed by atoms with Crippen LogP contribution in [0.25, 0.3) is 0 Å². The van der Waals surface area contributed by atoms with Gasteiger partial charge < -0.3 is 15.4 Å². The van der Waals surface area contributed by atoms with Gasteiger partial charge in [-0.05, 0) is 54.7 Å². The first-order valence-corrected chi connectivity index (χ1v) is 8.89. The molecule has 0 heterocycles. The summed E-state index contributed by atoms with van der Waals surface area (Å²) >= 11 is 0. The lowest BCUT2D eigenvalue weighted by atomic mass is 10.1. The summed E-state index contributed by atoms with van der Waals surface area (Å²) < 4.78 is 5.70. The lowest BCUT2D eigenvalue weighted by molar-refractivity contribution is 0.271. The Kier molecular flexibility index (Phi) is 6.98. The molecule has 2 aromatic rings. The van der Waals surface area contributed by atoms with Crippen molar-refractivity contribution < 1.29 is 4.74 Å². The van der Waals surface area contributed by atoms with E-state index in [0.29, 0.717) is 5.92 Å². The number of rotatable bonds is 9. The molecule has 0 aliphatic carbocycles. The molecule has 0 bridgehead atoms. The topological polar surface area (TPSA) is 33.3 Å². The third-order valence-corrected chi connectivity index (χ3v) is 3.93. The molecule has 2 N–H and O–H groups in total. The van der Waals surface area contributed by atoms with Crippen molar-refractivity contribution in [1.82, 2.24) is 0 Å². The van der Waals surface area contributed by atoms with Gasteiger partial charge in [0.15, 0.2) is 0 Å². The predicted octanol–water partition coefficient (Wildman–Crippen LogP) is 5.12. The van der Waals surface area contributed by atoms with Crippen LogP contribution in [0.2, 0.25) is 0 Å². The predicted molar refractivity (Wildman–Crippen MR) is 104 cm³/mol. The van der Waals surface area contributed by atoms with E-state index < -0.39 is 0 Å². The Morgan fingerprint density at radius 2 is 1.67 bits per heavy atom. The molecule has 130 valence electrons. The zero-order valence-corrected chi connectivity index (χ0v) is 15.4. The Morgan fingerprint density at radius 1 is 0.958 bits per heavy atom. The standard InChI is InChI=1S/C21H30N2O/c1-5-18-8-6-7-17(4)21(18)23-14-13-22-19-9-11-20(12-10-19)24-15-16(2)3/h6-12,16,22-23H,5,13-15H2,1-4H3. The molecular weight excluding hydrogens is 296 g/mol. The highest BCUT2D eigenvalue weighted by atomic mass is 16.5. The van der Waals surface area contributed by atoms with Crippen LogP contribution < -0.4 is 15.4 Å². The van der Waals surface area contributed by atoms with Crippen molar-refractivity contribution in [1.29, 1.82) is 0 Å². The minimum atomic E-state index is 0.545. The normalized spacial score (nSPS) is 10.7. The maximum Gasteiger partial charge on any atom is 0.119 e. The van der Waals surface area contributed by atoms with Crippen molar-refractivity contribution in [2.75, 3.05) is 30.3 Å². The molecule has 0 fully saturated rings. The molecule has 0 saturated heterocycles. The summed E-state index contributed by atoms with van der Waals surface area (Å²) in [5, 5.41) is 7.01. The summed E-state index contributed by atoms with van der Waals surface area (Å²) in [7, 11) is 0. The zero-order chi connectivity index (χ0) is 17.4. The van der Waals surface area contributed by atoms with Crippen molar-refractivity contribution in [2.24, 2.45) is 5.92 Å². The molecule has 0 atom stereocenters. The molecule has 0 spiro atoms. The molecule has 0 aliphatic rings. The first-order chi connectivity index (χ1) is 11.6. The van der Waals surface area contributed by atoms with E-state index in [9.17, 15) is 0 Å². The van der Waals surface area contributed by atoms with Crippen LogP contribution in [0.3, 0.4) is 0 Å². The van der Waals surface area contributed by atoms with E-state index in [1.807, 2.05) is 12.1 Å². The first kappa shape index (κ1) is 18.2. The summed E-state index contributed by atoms with van der Waals surface area (Å²) in [6.07, 6.45) is 1.05. The second kappa shape index (κ2) is 9.21. The van der Waals surface area contributed by atoms with Gasteiger partial charge in [-0.25, -0.2) is 0 Å². The fourth-order valence-corrected chi connectivity index (χ4v) is 2.60. The first-order valence-electron chi connectivity index (χ1n) is 8.89. The second-order valence-electron chi connectivity index (χ2n) is 6.55. The van der Waals surface area contributed by atoms with E-state index in [0.717, 1.165) is 37.6 Å². The summed E-state index contributed by atoms with van der Waals surface area (Å²) in [4.78, 5) is 0. The largest absolute Gasteiger partial charge is 0.493 e. The van der Waals surface area contributed by atoms with Gasteiger partial charge in [-0.2, -0.15) is 0 Å². The van der Waals surface area contributed by atoms with E-state index in [-0.39, 0.29) is 0 Å². The Labute approximate surface area is 146 Å². The Morgan fingerprint density at radius 3 is 2.33 bits per heavy atom. The van der Waals surface area contributed by atoms with Crippen LogP contribution in [-0.4, -0.2) is 19.7 Å². The molecule has 0 radical (unpaired) electrons. The number of nitrogens with one attached hydrogen (secondary N) is 2. The number of anilines is 2. The van der Waals surface area contributed by atoms with Crippen molar-refractivity contribution in [3.05, 3.63) is 53.6 Å². The minimum Gasteiger partial charge on any atom is -0.493 e. The van der Waals surface area contributed by atoms with Crippen molar-refractivity contribution in [2.45, 2.75) is 34.1 Å². The van der Waals surface area contributed by atoms with E-state index in [2.05, 4.69) is 68.7 Å². The SMILES string of the molecule is CCc1cccc(C)c1NCCNc1ccc(OCC(C)C)cc1. The van der Waals surface area contributed by atoms with Gasteiger partial charge in [0.1, 0.15) is 5.75 Å². The van der Waals surface area contributed by atoms with Crippen LogP contribution in [0.4, 0.5) is 11.4 Å². The van der Waals surface area contributed by atoms with Crippen LogP contribution >= 0.6 is 0 Å². The average Bonchev–Trinajstić information content (AvgIpc) is 2.58. The molecule has 2 rings (SSSR count). The molecule has 0 aliphatic heterocycles. The average molecular weight is 326 g/mol. The molecule has 2 aromatic carbocycles. The zero-order valence-electron chi connectivity index (χ0n) is 15.4. The van der Waals surface area contributed by atoms with Gasteiger partial charge >= 0.3 is 0 Å². The molecule has 0 aromatic heterocycles. The number of hydrogen-bond donors (Lipinski definition) is 2. The Bertz CT molecular complexity index is 620. The van der Waals surface area contributed by atoms with E-state index in [1.54, 1.807) is 0 Å². The van der Waals surface area contributed by atoms with Gasteiger partial charge in [-0.15, -0.1) is 0 Å². The van der Waals surface area contributed by atoms with Gasteiger partial charge in [0.2, 0.25) is 0 Å². The minimum absolute atomic E-state index is 0.545. The fourth-order valence-electron chi connectivity index (χ4n) is 2.60. The van der Waals surface area contributed by atoms with Gasteiger partial charge in [-0.3, -0.25) is 0 Å². The van der Waals surface area contributed by atoms with E-state index >= 15 is 0 Å². The van der Waals surface area contributed by atoms with E-state index in [4.69, 9.17) is 4.74 Å². The molecular formula is C21H30N2O. The summed E-state index contributed by atoms with van der Waals surface area (Å²) in [6.45, 7) is 11.2. The van der Waals surface area contributed by atoms with Gasteiger partial charge in [0.05, 0.1) is 6.61 Å². The lowest BCUT2D eigenvalue weighted by Crippen LogP contribution is -2.15. The summed E-state index contributed by atoms with van der Waals surface area (Å²) in [6, 6.07) is 14.7. The molecule has 0 unspecified atom stereocenters. The number of para-hydroxylation sites is 1. The van der Waals surface area contributed by atoms with Crippen molar-refractivity contribution in [3.8, 4) is 5.75 Å². The number of hydrogen-bond acceptors (Lipinski definition) is 3. The molecule has 0 saturated carbocycles. The highest BCUT2D eigenvalue weighted by Crippen LogP contribution is 2.21. The number of ether oxygens (including phenoxy) is 1. The van der Waals surface area contributed by atoms with Gasteiger partial charge in [-0.1, -0.05) is 39.0 Å². The second-order valence-corrected chi connectivity index (χ2v) is 6.55. The van der Waals surface area contributed by atoms with Gasteiger partial charge in [0, 0.05) is 24.5 Å². The fraction of sp³-hybridized carbons (Fsp3) is 0.429. The number of aryl methyl sites for hydroxylation is 2. The quantitative estimate of drug-likeness (QED) is 0.628. The Balaban J connectivity index is 1.78. The van der Waals surface area contributed by atoms with Crippen LogP contribution in [0.5, 0.6) is 5.75 Å². The molecule has 24 heavy (non-hydrogen) atoms. The Hall–Kier alpha value is -2.16. The van der Waals surface area contributed by atoms with Crippen LogP contribution in [0.1, 0.15) is 31.9 Å². The third kappa shape index (κ3) is 5.48. The third-order valence-electron chi connectivity index (χ3n) is 3.93. The summed E-state index contributed by atoms with van der Waals surface area (Å²) in [5.74, 6) is 1.48. The molecule has 3 heteroatoms. The lowest BCUT2D eigenvalue weighted by Gasteiger charge is -2.15. The van der Waals surface area contributed by atoms with Crippen LogP contribution in [0.15, 0.2) is 42.5 Å². The van der Waals surface area contributed by atoms with E-state index in [1.165, 1.54) is 16.8 Å². The highest BCUT2D eigenvalue weighted by molar-refractivity contribution is 5.57. The van der Waals surface area contributed by atoms with Gasteiger partial charge in [0.25, 0.3) is 0 Å². The summed E-state index contributed by atoms with van der Waals surface area (Å²) in [5.41, 5.74) is 5.08. The van der Waals surface area contributed by atoms with Crippen molar-refractivity contribution in [3.63, 3.8) is 0 Å². The van der Waals surface area contributed by atoms with Crippen molar-refractivity contribution >= 4 is 11.4 Å². The smallest absolute Gasteiger partial charge is 0.119 e. The van der Waals surface area contributed by atoms with Crippen LogP contribution in [-0.2, 0) is 6.42 Å². The maximum atomic E-state index is 5.70. The molecule has 0 amide bonds. The number of benzene rings is 2. The monoisotopic (exact) mass is 326 g/mol. The highest BCUT2D eigenvalue weighted by Gasteiger charge is 2.03. The molecule has 3 nitrogen and oxygen atoms in total. The maximum absolute atomic E-state index is 5.70. The van der Waals surface area contributed by atoms with Crippen LogP contribution in [0, 0.1) is 12.8 Å².